The number of rotatable bonds is 2. The van der Waals surface area contributed by atoms with Crippen molar-refractivity contribution >= 4 is 23.2 Å². The first-order valence-electron chi connectivity index (χ1n) is 5.02. The molecule has 76 valence electrons. The molecule has 1 aliphatic rings. The van der Waals surface area contributed by atoms with Crippen molar-refractivity contribution in [2.75, 3.05) is 0 Å². The third kappa shape index (κ3) is 1.55. The van der Waals surface area contributed by atoms with Gasteiger partial charge in [0.15, 0.2) is 0 Å². The fraction of sp³-hybridized carbons (Fsp3) is 0.500. The largest absolute Gasteiger partial charge is 0.0843 e. The van der Waals surface area contributed by atoms with Crippen molar-refractivity contribution in [1.29, 1.82) is 0 Å². The number of hydrogen-bond donors (Lipinski definition) is 0. The van der Waals surface area contributed by atoms with Crippen molar-refractivity contribution in [3.63, 3.8) is 0 Å². The molecule has 0 amide bonds. The molecule has 0 aliphatic heterocycles. The second kappa shape index (κ2) is 3.43. The summed E-state index contributed by atoms with van der Waals surface area (Å²) in [6.45, 7) is 4.52. The van der Waals surface area contributed by atoms with Gasteiger partial charge >= 0.3 is 0 Å². The first-order valence-corrected chi connectivity index (χ1v) is 5.77. The fourth-order valence-electron chi connectivity index (χ4n) is 2.19. The molecule has 14 heavy (non-hydrogen) atoms. The maximum Gasteiger partial charge on any atom is 0.0458 e. The van der Waals surface area contributed by atoms with Gasteiger partial charge in [0.05, 0.1) is 0 Å². The molecule has 1 aromatic carbocycles. The molecule has 0 radical (unpaired) electrons. The van der Waals surface area contributed by atoms with Crippen molar-refractivity contribution in [1.82, 2.24) is 0 Å². The van der Waals surface area contributed by atoms with Crippen LogP contribution in [0.15, 0.2) is 18.2 Å². The second-order valence-electron chi connectivity index (χ2n) is 4.44. The number of benzene rings is 1. The molecule has 0 heterocycles. The highest BCUT2D eigenvalue weighted by molar-refractivity contribution is 6.35. The molecule has 0 nitrogen and oxygen atoms in total. The average Bonchev–Trinajstić information content (AvgIpc) is 2.84. The minimum atomic E-state index is 0.335. The van der Waals surface area contributed by atoms with Crippen LogP contribution in [0.5, 0.6) is 0 Å². The summed E-state index contributed by atoms with van der Waals surface area (Å²) < 4.78 is 0. The van der Waals surface area contributed by atoms with Gasteiger partial charge in [-0.3, -0.25) is 0 Å². The van der Waals surface area contributed by atoms with E-state index in [9.17, 15) is 0 Å². The molecular formula is C12H14Cl2. The van der Waals surface area contributed by atoms with E-state index >= 15 is 0 Å². The third-order valence-corrected chi connectivity index (χ3v) is 3.91. The monoisotopic (exact) mass is 228 g/mol. The molecule has 0 N–H and O–H groups in total. The molecule has 0 saturated heterocycles. The average molecular weight is 229 g/mol. The lowest BCUT2D eigenvalue weighted by molar-refractivity contribution is 0.481. The summed E-state index contributed by atoms with van der Waals surface area (Å²) in [6.07, 6.45) is 2.51. The fourth-order valence-corrected chi connectivity index (χ4v) is 2.78. The Bertz CT molecular complexity index is 351. The van der Waals surface area contributed by atoms with E-state index in [1.54, 1.807) is 0 Å². The van der Waals surface area contributed by atoms with Gasteiger partial charge < -0.3 is 0 Å². The van der Waals surface area contributed by atoms with Crippen LogP contribution in [-0.2, 0) is 5.41 Å². The molecule has 0 aromatic heterocycles. The van der Waals surface area contributed by atoms with Crippen molar-refractivity contribution in [3.8, 4) is 0 Å². The molecule has 0 bridgehead atoms. The van der Waals surface area contributed by atoms with E-state index in [1.807, 2.05) is 12.1 Å². The van der Waals surface area contributed by atoms with Gasteiger partial charge in [-0.25, -0.2) is 0 Å². The van der Waals surface area contributed by atoms with Crippen LogP contribution in [-0.4, -0.2) is 0 Å². The van der Waals surface area contributed by atoms with Crippen LogP contribution in [0.25, 0.3) is 0 Å². The van der Waals surface area contributed by atoms with Crippen LogP contribution in [0.4, 0.5) is 0 Å². The zero-order valence-electron chi connectivity index (χ0n) is 8.48. The predicted molar refractivity (Wildman–Crippen MR) is 62.2 cm³/mol. The molecule has 1 fully saturated rings. The van der Waals surface area contributed by atoms with E-state index in [1.165, 1.54) is 18.4 Å². The van der Waals surface area contributed by atoms with E-state index in [0.717, 1.165) is 10.0 Å². The predicted octanol–water partition coefficient (Wildman–Crippen LogP) is 4.68. The lowest BCUT2D eigenvalue weighted by Crippen LogP contribution is -2.15. The molecule has 0 atom stereocenters. The van der Waals surface area contributed by atoms with Gasteiger partial charge in [0.2, 0.25) is 0 Å². The summed E-state index contributed by atoms with van der Waals surface area (Å²) in [7, 11) is 0. The zero-order valence-corrected chi connectivity index (χ0v) is 9.99. The summed E-state index contributed by atoms with van der Waals surface area (Å²) in [5.41, 5.74) is 1.61. The van der Waals surface area contributed by atoms with E-state index in [0.29, 0.717) is 11.3 Å². The van der Waals surface area contributed by atoms with Crippen LogP contribution >= 0.6 is 23.2 Å². The van der Waals surface area contributed by atoms with Gasteiger partial charge in [-0.1, -0.05) is 43.1 Å². The highest BCUT2D eigenvalue weighted by atomic mass is 35.5. The number of halogens is 2. The van der Waals surface area contributed by atoms with Crippen molar-refractivity contribution in [2.24, 2.45) is 5.92 Å². The Morgan fingerprint density at radius 3 is 2.29 bits per heavy atom. The maximum absolute atomic E-state index is 6.21. The Morgan fingerprint density at radius 1 is 1.21 bits per heavy atom. The van der Waals surface area contributed by atoms with Gasteiger partial charge in [-0.15, -0.1) is 0 Å². The van der Waals surface area contributed by atoms with E-state index in [-0.39, 0.29) is 0 Å². The van der Waals surface area contributed by atoms with Crippen LogP contribution in [0.1, 0.15) is 32.3 Å². The molecule has 1 aliphatic carbocycles. The van der Waals surface area contributed by atoms with Crippen LogP contribution in [0, 0.1) is 5.92 Å². The third-order valence-electron chi connectivity index (χ3n) is 3.36. The number of hydrogen-bond acceptors (Lipinski definition) is 0. The Hall–Kier alpha value is -0.200. The highest BCUT2D eigenvalue weighted by Gasteiger charge is 2.47. The smallest absolute Gasteiger partial charge is 0.0458 e. The van der Waals surface area contributed by atoms with Gasteiger partial charge in [-0.05, 0) is 41.9 Å². The van der Waals surface area contributed by atoms with E-state index in [4.69, 9.17) is 23.2 Å². The van der Waals surface area contributed by atoms with Crippen molar-refractivity contribution < 1.29 is 0 Å². The summed E-state index contributed by atoms with van der Waals surface area (Å²) >= 11 is 12.1. The molecule has 0 spiro atoms. The SMILES string of the molecule is CC(C)C1(c2ccc(Cl)cc2Cl)CC1. The highest BCUT2D eigenvalue weighted by Crippen LogP contribution is 2.55. The van der Waals surface area contributed by atoms with Crippen molar-refractivity contribution in [3.05, 3.63) is 33.8 Å². The molecule has 1 aromatic rings. The second-order valence-corrected chi connectivity index (χ2v) is 5.28. The summed E-state index contributed by atoms with van der Waals surface area (Å²) in [6, 6.07) is 5.86. The normalized spacial score (nSPS) is 18.6. The molecule has 1 saturated carbocycles. The topological polar surface area (TPSA) is 0 Å². The zero-order chi connectivity index (χ0) is 10.3. The lowest BCUT2D eigenvalue weighted by Gasteiger charge is -2.21. The van der Waals surface area contributed by atoms with Crippen LogP contribution in [0.3, 0.4) is 0 Å². The molecule has 2 rings (SSSR count). The van der Waals surface area contributed by atoms with Gasteiger partial charge in [0, 0.05) is 10.0 Å². The summed E-state index contributed by atoms with van der Waals surface area (Å²) in [4.78, 5) is 0. The first kappa shape index (κ1) is 10.3. The minimum absolute atomic E-state index is 0.335. The Morgan fingerprint density at radius 2 is 1.86 bits per heavy atom. The van der Waals surface area contributed by atoms with Crippen molar-refractivity contribution in [2.45, 2.75) is 32.1 Å². The summed E-state index contributed by atoms with van der Waals surface area (Å²) in [5, 5.41) is 1.54. The van der Waals surface area contributed by atoms with Crippen LogP contribution in [0.2, 0.25) is 10.0 Å². The Balaban J connectivity index is 2.42. The van der Waals surface area contributed by atoms with E-state index < -0.39 is 0 Å². The first-order chi connectivity index (χ1) is 6.56. The Kier molecular flexibility index (Phi) is 2.53. The minimum Gasteiger partial charge on any atom is -0.0843 e. The van der Waals surface area contributed by atoms with Gasteiger partial charge in [0.25, 0.3) is 0 Å². The lowest BCUT2D eigenvalue weighted by atomic mass is 9.85. The van der Waals surface area contributed by atoms with Gasteiger partial charge in [-0.2, -0.15) is 0 Å². The maximum atomic E-state index is 6.21. The summed E-state index contributed by atoms with van der Waals surface area (Å²) in [5.74, 6) is 0.654. The van der Waals surface area contributed by atoms with Crippen LogP contribution < -0.4 is 0 Å². The van der Waals surface area contributed by atoms with Gasteiger partial charge in [0.1, 0.15) is 0 Å². The van der Waals surface area contributed by atoms with E-state index in [2.05, 4.69) is 19.9 Å². The molecule has 2 heteroatoms. The Labute approximate surface area is 95.2 Å². The molecule has 0 unspecified atom stereocenters. The standard InChI is InChI=1S/C12H14Cl2/c1-8(2)12(5-6-12)10-4-3-9(13)7-11(10)14/h3-4,7-8H,5-6H2,1-2H3. The molecular weight excluding hydrogens is 215 g/mol. The quantitative estimate of drug-likeness (QED) is 0.690.